The predicted octanol–water partition coefficient (Wildman–Crippen LogP) is 5.05. The number of nitrogens with zero attached hydrogens (tertiary/aromatic N) is 2. The summed E-state index contributed by atoms with van der Waals surface area (Å²) in [7, 11) is -3.79. The highest BCUT2D eigenvalue weighted by molar-refractivity contribution is 7.89. The van der Waals surface area contributed by atoms with Gasteiger partial charge in [-0.15, -0.1) is 11.3 Å². The van der Waals surface area contributed by atoms with Crippen molar-refractivity contribution < 1.29 is 13.2 Å². The molecule has 0 unspecified atom stereocenters. The highest BCUT2D eigenvalue weighted by Gasteiger charge is 2.25. The molecule has 30 heavy (non-hydrogen) atoms. The molecular weight excluding hydrogens is 442 g/mol. The number of benzene rings is 2. The lowest BCUT2D eigenvalue weighted by Gasteiger charge is -2.19. The largest absolute Gasteiger partial charge is 0.322 e. The lowest BCUT2D eigenvalue weighted by Crippen LogP contribution is -2.31. The molecule has 0 spiro atoms. The molecule has 0 radical (unpaired) electrons. The summed E-state index contributed by atoms with van der Waals surface area (Å²) in [5, 5.41) is 5.82. The van der Waals surface area contributed by atoms with E-state index in [0.29, 0.717) is 18.8 Å². The van der Waals surface area contributed by atoms with E-state index in [9.17, 15) is 13.2 Å². The number of rotatable bonds is 7. The van der Waals surface area contributed by atoms with Crippen LogP contribution in [-0.4, -0.2) is 36.7 Å². The van der Waals surface area contributed by atoms with Gasteiger partial charge in [-0.05, 0) is 37.3 Å². The first-order chi connectivity index (χ1) is 14.3. The number of sulfonamides is 1. The summed E-state index contributed by atoms with van der Waals surface area (Å²) in [5.74, 6) is -0.422. The highest BCUT2D eigenvalue weighted by Crippen LogP contribution is 2.27. The Balaban J connectivity index is 1.88. The Kier molecular flexibility index (Phi) is 6.92. The number of hydrogen-bond donors (Lipinski definition) is 1. The average molecular weight is 464 g/mol. The monoisotopic (exact) mass is 463 g/mol. The number of carbonyl (C=O) groups excluding carboxylic acids is 1. The molecule has 0 bridgehead atoms. The molecule has 0 fully saturated rings. The molecule has 0 saturated heterocycles. The maximum atomic E-state index is 12.9. The fourth-order valence-electron chi connectivity index (χ4n) is 3.00. The number of aryl methyl sites for hydroxylation is 1. The van der Waals surface area contributed by atoms with E-state index in [2.05, 4.69) is 10.3 Å². The molecule has 0 saturated carbocycles. The summed E-state index contributed by atoms with van der Waals surface area (Å²) < 4.78 is 27.0. The Morgan fingerprint density at radius 2 is 1.90 bits per heavy atom. The summed E-state index contributed by atoms with van der Waals surface area (Å²) in [4.78, 5) is 17.2. The van der Waals surface area contributed by atoms with Crippen LogP contribution in [0.3, 0.4) is 0 Å². The van der Waals surface area contributed by atoms with Crippen molar-refractivity contribution in [2.24, 2.45) is 0 Å². The molecule has 0 aliphatic rings. The number of carbonyl (C=O) groups is 1. The minimum atomic E-state index is -3.79. The summed E-state index contributed by atoms with van der Waals surface area (Å²) >= 11 is 7.71. The zero-order valence-electron chi connectivity index (χ0n) is 16.8. The van der Waals surface area contributed by atoms with E-state index >= 15 is 0 Å². The van der Waals surface area contributed by atoms with E-state index in [1.807, 2.05) is 30.5 Å². The van der Waals surface area contributed by atoms with Gasteiger partial charge in [-0.3, -0.25) is 4.79 Å². The van der Waals surface area contributed by atoms with Crippen LogP contribution in [0, 0.1) is 6.92 Å². The molecule has 1 heterocycles. The molecule has 0 atom stereocenters. The van der Waals surface area contributed by atoms with Gasteiger partial charge in [0, 0.05) is 35.3 Å². The van der Waals surface area contributed by atoms with Gasteiger partial charge in [-0.2, -0.15) is 4.31 Å². The van der Waals surface area contributed by atoms with E-state index in [1.54, 1.807) is 31.3 Å². The topological polar surface area (TPSA) is 79.4 Å². The van der Waals surface area contributed by atoms with Crippen molar-refractivity contribution in [3.63, 3.8) is 0 Å². The predicted molar refractivity (Wildman–Crippen MR) is 122 cm³/mol. The standard InChI is InChI=1S/C21H22ClN3O3S2/c1-4-25(5-2)30(27,28)20-12-16(9-10-18(20)22)21(26)24-17-8-6-7-15(11-17)19-13-29-14(3)23-19/h6-13H,4-5H2,1-3H3,(H,24,26). The molecule has 3 rings (SSSR count). The van der Waals surface area contributed by atoms with Crippen LogP contribution >= 0.6 is 22.9 Å². The second-order valence-electron chi connectivity index (χ2n) is 6.52. The quantitative estimate of drug-likeness (QED) is 0.531. The Bertz CT molecular complexity index is 1170. The van der Waals surface area contributed by atoms with Gasteiger partial charge in [0.05, 0.1) is 15.7 Å². The van der Waals surface area contributed by atoms with Crippen LogP contribution in [0.1, 0.15) is 29.2 Å². The molecule has 3 aromatic rings. The number of nitrogens with one attached hydrogen (secondary N) is 1. The highest BCUT2D eigenvalue weighted by atomic mass is 35.5. The van der Waals surface area contributed by atoms with E-state index in [0.717, 1.165) is 16.3 Å². The molecule has 9 heteroatoms. The molecule has 1 amide bonds. The van der Waals surface area contributed by atoms with Gasteiger partial charge in [0.2, 0.25) is 10.0 Å². The first-order valence-electron chi connectivity index (χ1n) is 9.39. The third-order valence-electron chi connectivity index (χ3n) is 4.55. The van der Waals surface area contributed by atoms with E-state index in [1.165, 1.54) is 22.5 Å². The van der Waals surface area contributed by atoms with Crippen LogP contribution in [0.15, 0.2) is 52.7 Å². The fraction of sp³-hybridized carbons (Fsp3) is 0.238. The van der Waals surface area contributed by atoms with E-state index in [-0.39, 0.29) is 15.5 Å². The van der Waals surface area contributed by atoms with Crippen molar-refractivity contribution in [3.05, 3.63) is 63.4 Å². The molecule has 0 aliphatic heterocycles. The second-order valence-corrected chi connectivity index (χ2v) is 9.90. The lowest BCUT2D eigenvalue weighted by molar-refractivity contribution is 0.102. The summed E-state index contributed by atoms with van der Waals surface area (Å²) in [6, 6.07) is 11.6. The van der Waals surface area contributed by atoms with Gasteiger partial charge >= 0.3 is 0 Å². The molecule has 2 aromatic carbocycles. The van der Waals surface area contributed by atoms with Crippen molar-refractivity contribution in [3.8, 4) is 11.3 Å². The first-order valence-corrected chi connectivity index (χ1v) is 12.1. The minimum Gasteiger partial charge on any atom is -0.322 e. The molecule has 0 aliphatic carbocycles. The second kappa shape index (κ2) is 9.26. The Morgan fingerprint density at radius 1 is 1.17 bits per heavy atom. The van der Waals surface area contributed by atoms with Gasteiger partial charge < -0.3 is 5.32 Å². The summed E-state index contributed by atoms with van der Waals surface area (Å²) in [6.45, 7) is 6.07. The van der Waals surface area contributed by atoms with E-state index < -0.39 is 15.9 Å². The van der Waals surface area contributed by atoms with Crippen molar-refractivity contribution >= 4 is 44.6 Å². The summed E-state index contributed by atoms with van der Waals surface area (Å²) in [6.07, 6.45) is 0. The normalized spacial score (nSPS) is 11.6. The maximum absolute atomic E-state index is 12.9. The van der Waals surface area contributed by atoms with Gasteiger partial charge in [0.1, 0.15) is 4.90 Å². The van der Waals surface area contributed by atoms with Crippen molar-refractivity contribution in [2.45, 2.75) is 25.7 Å². The Labute approximate surface area is 185 Å². The van der Waals surface area contributed by atoms with E-state index in [4.69, 9.17) is 11.6 Å². The Hall–Kier alpha value is -2.26. The van der Waals surface area contributed by atoms with Crippen LogP contribution in [0.25, 0.3) is 11.3 Å². The molecule has 6 nitrogen and oxygen atoms in total. The first kappa shape index (κ1) is 22.4. The number of amides is 1. The number of thiazole rings is 1. The molecule has 1 N–H and O–H groups in total. The molecule has 1 aromatic heterocycles. The Morgan fingerprint density at radius 3 is 2.53 bits per heavy atom. The minimum absolute atomic E-state index is 0.0767. The number of hydrogen-bond acceptors (Lipinski definition) is 5. The SMILES string of the molecule is CCN(CC)S(=O)(=O)c1cc(C(=O)Nc2cccc(-c3csc(C)n3)c2)ccc1Cl. The van der Waals surface area contributed by atoms with Gasteiger partial charge in [0.15, 0.2) is 0 Å². The van der Waals surface area contributed by atoms with Crippen molar-refractivity contribution in [2.75, 3.05) is 18.4 Å². The zero-order valence-corrected chi connectivity index (χ0v) is 19.2. The number of halogens is 1. The van der Waals surface area contributed by atoms with Gasteiger partial charge in [0.25, 0.3) is 5.91 Å². The fourth-order valence-corrected chi connectivity index (χ4v) is 5.58. The van der Waals surface area contributed by atoms with Crippen molar-refractivity contribution in [1.82, 2.24) is 9.29 Å². The van der Waals surface area contributed by atoms with Crippen LogP contribution in [0.4, 0.5) is 5.69 Å². The molecular formula is C21H22ClN3O3S2. The molecule has 158 valence electrons. The number of anilines is 1. The third-order valence-corrected chi connectivity index (χ3v) is 7.86. The maximum Gasteiger partial charge on any atom is 0.255 e. The van der Waals surface area contributed by atoms with Gasteiger partial charge in [-0.1, -0.05) is 37.6 Å². The van der Waals surface area contributed by atoms with Crippen LogP contribution in [0.5, 0.6) is 0 Å². The zero-order chi connectivity index (χ0) is 21.9. The smallest absolute Gasteiger partial charge is 0.255 e. The van der Waals surface area contributed by atoms with Crippen LogP contribution in [-0.2, 0) is 10.0 Å². The third kappa shape index (κ3) is 4.73. The van der Waals surface area contributed by atoms with Crippen molar-refractivity contribution in [1.29, 1.82) is 0 Å². The summed E-state index contributed by atoms with van der Waals surface area (Å²) in [5.41, 5.74) is 2.53. The lowest BCUT2D eigenvalue weighted by atomic mass is 10.1. The van der Waals surface area contributed by atoms with Gasteiger partial charge in [-0.25, -0.2) is 13.4 Å². The van der Waals surface area contributed by atoms with Crippen LogP contribution in [0.2, 0.25) is 5.02 Å². The van der Waals surface area contributed by atoms with Crippen LogP contribution < -0.4 is 5.32 Å². The average Bonchev–Trinajstić information content (AvgIpc) is 3.15. The number of aromatic nitrogens is 1.